The summed E-state index contributed by atoms with van der Waals surface area (Å²) < 4.78 is 23.8. The van der Waals surface area contributed by atoms with E-state index in [2.05, 4.69) is 92.1 Å². The summed E-state index contributed by atoms with van der Waals surface area (Å²) in [5.41, 5.74) is 0. The van der Waals surface area contributed by atoms with E-state index in [1.807, 2.05) is 21.1 Å². The molecule has 1 amide bonds. The summed E-state index contributed by atoms with van der Waals surface area (Å²) >= 11 is 0. The molecule has 426 valence electrons. The van der Waals surface area contributed by atoms with E-state index in [4.69, 9.17) is 9.05 Å². The molecule has 0 bridgehead atoms. The van der Waals surface area contributed by atoms with E-state index >= 15 is 0 Å². The maximum Gasteiger partial charge on any atom is 0.472 e. The van der Waals surface area contributed by atoms with E-state index in [9.17, 15) is 19.4 Å². The molecule has 0 spiro atoms. The summed E-state index contributed by atoms with van der Waals surface area (Å²) in [5.74, 6) is -0.146. The van der Waals surface area contributed by atoms with E-state index in [1.54, 1.807) is 0 Å². The van der Waals surface area contributed by atoms with Crippen LogP contribution in [-0.4, -0.2) is 73.4 Å². The number of allylic oxidation sites excluding steroid dienone is 12. The number of phosphoric ester groups is 1. The average molecular weight is 1040 g/mol. The van der Waals surface area contributed by atoms with Crippen LogP contribution in [0.4, 0.5) is 0 Å². The van der Waals surface area contributed by atoms with E-state index in [0.717, 1.165) is 77.0 Å². The average Bonchev–Trinajstić information content (AvgIpc) is 3.35. The molecule has 0 radical (unpaired) electrons. The molecule has 0 aromatic carbocycles. The number of unbranched alkanes of at least 4 members (excludes halogenated alkanes) is 31. The van der Waals surface area contributed by atoms with Gasteiger partial charge in [0.15, 0.2) is 0 Å². The van der Waals surface area contributed by atoms with Crippen LogP contribution in [-0.2, 0) is 18.4 Å². The molecule has 3 N–H and O–H groups in total. The standard InChI is InChI=1S/C64H119N2O6P/c1-6-8-10-12-14-16-18-20-22-24-26-28-29-30-31-32-33-34-35-36-37-38-40-42-44-46-48-50-52-54-56-58-64(68)65-62(61-72-73(69,70)71-60-59-66(3,4)5)63(67)57-55-53-51-49-47-45-43-41-39-27-25-23-21-19-17-15-13-11-9-7-2/h8,10,14,16,20,22,26,28,30-31,33-34,62-63,67H,6-7,9,11-13,15,17-19,21,23-25,27,29,32,35-61H2,1-5H3,(H-,65,68,69,70)/p+1/b10-8-,16-14-,22-20-,28-26-,31-30-,34-33-. The summed E-state index contributed by atoms with van der Waals surface area (Å²) in [4.78, 5) is 23.4. The maximum atomic E-state index is 13.0. The summed E-state index contributed by atoms with van der Waals surface area (Å²) in [6, 6.07) is -0.766. The lowest BCUT2D eigenvalue weighted by Crippen LogP contribution is -2.46. The van der Waals surface area contributed by atoms with Crippen LogP contribution in [0.3, 0.4) is 0 Å². The number of phosphoric acid groups is 1. The largest absolute Gasteiger partial charge is 0.472 e. The van der Waals surface area contributed by atoms with Gasteiger partial charge < -0.3 is 19.8 Å². The highest BCUT2D eigenvalue weighted by Crippen LogP contribution is 2.43. The van der Waals surface area contributed by atoms with Gasteiger partial charge in [0.25, 0.3) is 0 Å². The highest BCUT2D eigenvalue weighted by Gasteiger charge is 2.28. The molecule has 0 saturated heterocycles. The Morgan fingerprint density at radius 3 is 1.21 bits per heavy atom. The molecule has 0 aromatic rings. The zero-order chi connectivity index (χ0) is 53.5. The summed E-state index contributed by atoms with van der Waals surface area (Å²) in [6.45, 7) is 4.80. The first-order valence-corrected chi connectivity index (χ1v) is 32.3. The Morgan fingerprint density at radius 1 is 0.479 bits per heavy atom. The van der Waals surface area contributed by atoms with Crippen LogP contribution in [0.15, 0.2) is 72.9 Å². The first-order chi connectivity index (χ1) is 35.5. The Balaban J connectivity index is 4.12. The van der Waals surface area contributed by atoms with Gasteiger partial charge in [0.05, 0.1) is 39.9 Å². The third kappa shape index (κ3) is 57.5. The number of rotatable bonds is 56. The number of amides is 1. The number of likely N-dealkylation sites (N-methyl/N-ethyl adjacent to an activating group) is 1. The second-order valence-corrected chi connectivity index (χ2v) is 23.5. The SMILES string of the molecule is CC/C=C\C/C=C\C/C=C\C/C=C\C/C=C\C/C=C\CCCCCCCCCCCCCCC(=O)NC(COP(=O)(O)OCC[N+](C)(C)C)C(O)CCCCCCCCCCCCCCCCCCCCCC. The van der Waals surface area contributed by atoms with Crippen LogP contribution in [0.5, 0.6) is 0 Å². The molecular formula is C64H120N2O6P+. The van der Waals surface area contributed by atoms with Crippen LogP contribution in [0.25, 0.3) is 0 Å². The predicted molar refractivity (Wildman–Crippen MR) is 318 cm³/mol. The lowest BCUT2D eigenvalue weighted by Gasteiger charge is -2.26. The smallest absolute Gasteiger partial charge is 0.391 e. The Morgan fingerprint density at radius 2 is 0.822 bits per heavy atom. The first kappa shape index (κ1) is 70.9. The Hall–Kier alpha value is -2.06. The minimum atomic E-state index is -4.33. The minimum Gasteiger partial charge on any atom is -0.391 e. The fourth-order valence-corrected chi connectivity index (χ4v) is 9.67. The van der Waals surface area contributed by atoms with Crippen molar-refractivity contribution >= 4 is 13.7 Å². The number of aliphatic hydroxyl groups is 1. The van der Waals surface area contributed by atoms with Gasteiger partial charge in [-0.05, 0) is 64.2 Å². The van der Waals surface area contributed by atoms with Crippen molar-refractivity contribution in [3.8, 4) is 0 Å². The van der Waals surface area contributed by atoms with Gasteiger partial charge in [-0.15, -0.1) is 0 Å². The number of nitrogens with one attached hydrogen (secondary N) is 1. The lowest BCUT2D eigenvalue weighted by atomic mass is 10.0. The van der Waals surface area contributed by atoms with E-state index in [0.29, 0.717) is 23.9 Å². The van der Waals surface area contributed by atoms with Crippen LogP contribution in [0, 0.1) is 0 Å². The molecule has 0 rings (SSSR count). The van der Waals surface area contributed by atoms with Crippen LogP contribution in [0.1, 0.15) is 277 Å². The zero-order valence-electron chi connectivity index (χ0n) is 48.6. The normalized spacial score (nSPS) is 14.3. The molecule has 0 aliphatic carbocycles. The molecule has 0 aromatic heterocycles. The fraction of sp³-hybridized carbons (Fsp3) is 0.797. The van der Waals surface area contributed by atoms with Gasteiger partial charge in [-0.1, -0.05) is 279 Å². The van der Waals surface area contributed by atoms with Gasteiger partial charge in [0.2, 0.25) is 5.91 Å². The molecule has 0 fully saturated rings. The highest BCUT2D eigenvalue weighted by molar-refractivity contribution is 7.47. The first-order valence-electron chi connectivity index (χ1n) is 30.8. The Bertz CT molecular complexity index is 1420. The van der Waals surface area contributed by atoms with Crippen molar-refractivity contribution in [2.45, 2.75) is 289 Å². The van der Waals surface area contributed by atoms with Crippen molar-refractivity contribution in [2.75, 3.05) is 40.9 Å². The summed E-state index contributed by atoms with van der Waals surface area (Å²) in [5, 5.41) is 14.1. The number of hydrogen-bond donors (Lipinski definition) is 3. The van der Waals surface area contributed by atoms with Crippen molar-refractivity contribution in [1.82, 2.24) is 5.32 Å². The monoisotopic (exact) mass is 1040 g/mol. The topological polar surface area (TPSA) is 105 Å². The van der Waals surface area contributed by atoms with E-state index < -0.39 is 20.0 Å². The van der Waals surface area contributed by atoms with Crippen molar-refractivity contribution in [3.63, 3.8) is 0 Å². The van der Waals surface area contributed by atoms with E-state index in [-0.39, 0.29) is 19.1 Å². The summed E-state index contributed by atoms with van der Waals surface area (Å²) in [6.07, 6.45) is 75.3. The van der Waals surface area contributed by atoms with Gasteiger partial charge in [-0.25, -0.2) is 4.57 Å². The molecule has 73 heavy (non-hydrogen) atoms. The summed E-state index contributed by atoms with van der Waals surface area (Å²) in [7, 11) is 1.62. The molecule has 9 heteroatoms. The number of nitrogens with zero attached hydrogens (tertiary/aromatic N) is 1. The van der Waals surface area contributed by atoms with Gasteiger partial charge in [0, 0.05) is 6.42 Å². The second kappa shape index (κ2) is 54.7. The zero-order valence-corrected chi connectivity index (χ0v) is 49.5. The van der Waals surface area contributed by atoms with Gasteiger partial charge >= 0.3 is 7.82 Å². The molecule has 0 aliphatic rings. The quantitative estimate of drug-likeness (QED) is 0.0243. The molecule has 0 heterocycles. The lowest BCUT2D eigenvalue weighted by molar-refractivity contribution is -0.870. The van der Waals surface area contributed by atoms with Crippen LogP contribution in [0.2, 0.25) is 0 Å². The van der Waals surface area contributed by atoms with Crippen LogP contribution >= 0.6 is 7.82 Å². The third-order valence-electron chi connectivity index (χ3n) is 13.7. The molecule has 0 aliphatic heterocycles. The van der Waals surface area contributed by atoms with Crippen LogP contribution < -0.4 is 5.32 Å². The van der Waals surface area contributed by atoms with Crippen molar-refractivity contribution < 1.29 is 32.9 Å². The van der Waals surface area contributed by atoms with Gasteiger partial charge in [0.1, 0.15) is 13.2 Å². The maximum absolute atomic E-state index is 13.0. The molecule has 3 atom stereocenters. The predicted octanol–water partition coefficient (Wildman–Crippen LogP) is 19.0. The number of quaternary nitrogens is 1. The van der Waals surface area contributed by atoms with Gasteiger partial charge in [-0.3, -0.25) is 13.8 Å². The fourth-order valence-electron chi connectivity index (χ4n) is 8.93. The molecule has 8 nitrogen and oxygen atoms in total. The van der Waals surface area contributed by atoms with Crippen molar-refractivity contribution in [1.29, 1.82) is 0 Å². The number of hydrogen-bond acceptors (Lipinski definition) is 5. The van der Waals surface area contributed by atoms with Gasteiger partial charge in [-0.2, -0.15) is 0 Å². The van der Waals surface area contributed by atoms with Crippen molar-refractivity contribution in [2.24, 2.45) is 0 Å². The molecule has 3 unspecified atom stereocenters. The number of carbonyl (C=O) groups is 1. The number of carbonyl (C=O) groups excluding carboxylic acids is 1. The van der Waals surface area contributed by atoms with Crippen molar-refractivity contribution in [3.05, 3.63) is 72.9 Å². The highest BCUT2D eigenvalue weighted by atomic mass is 31.2. The molecule has 0 saturated carbocycles. The third-order valence-corrected chi connectivity index (χ3v) is 14.7. The van der Waals surface area contributed by atoms with E-state index in [1.165, 1.54) is 173 Å². The second-order valence-electron chi connectivity index (χ2n) is 22.1. The minimum absolute atomic E-state index is 0.0725. The number of aliphatic hydroxyl groups excluding tert-OH is 1. The Kier molecular flexibility index (Phi) is 53.2. The Labute approximate surface area is 453 Å². The molecular weight excluding hydrogens is 924 g/mol.